The highest BCUT2D eigenvalue weighted by Crippen LogP contribution is 2.43. The van der Waals surface area contributed by atoms with Crippen molar-refractivity contribution in [2.45, 2.75) is 38.1 Å². The van der Waals surface area contributed by atoms with E-state index in [1.165, 1.54) is 0 Å². The Morgan fingerprint density at radius 2 is 1.66 bits per heavy atom. The third-order valence-electron chi connectivity index (χ3n) is 6.53. The molecule has 35 heavy (non-hydrogen) atoms. The van der Waals surface area contributed by atoms with Gasteiger partial charge in [0.2, 0.25) is 5.95 Å². The maximum absolute atomic E-state index is 12.3. The van der Waals surface area contributed by atoms with Crippen molar-refractivity contribution < 1.29 is 19.1 Å². The van der Waals surface area contributed by atoms with Gasteiger partial charge in [0.25, 0.3) is 5.56 Å². The number of nitrogens with two attached hydrogens (primary N) is 1. The lowest BCUT2D eigenvalue weighted by molar-refractivity contribution is -0.153. The van der Waals surface area contributed by atoms with Crippen molar-refractivity contribution in [3.05, 3.63) is 10.4 Å². The van der Waals surface area contributed by atoms with Crippen LogP contribution in [-0.2, 0) is 19.1 Å². The number of nitrogens with one attached hydrogen (secondary N) is 2. The number of anilines is 3. The Kier molecular flexibility index (Phi) is 9.33. The molecule has 0 amide bonds. The first kappa shape index (κ1) is 26.7. The van der Waals surface area contributed by atoms with E-state index in [-0.39, 0.29) is 54.5 Å². The lowest BCUT2D eigenvalue weighted by Gasteiger charge is -2.48. The van der Waals surface area contributed by atoms with E-state index in [1.54, 1.807) is 0 Å². The van der Waals surface area contributed by atoms with Gasteiger partial charge in [0, 0.05) is 30.7 Å². The van der Waals surface area contributed by atoms with Gasteiger partial charge in [-0.1, -0.05) is 0 Å². The first-order chi connectivity index (χ1) is 16.7. The van der Waals surface area contributed by atoms with Gasteiger partial charge < -0.3 is 35.2 Å². The Hall–Kier alpha value is -2.86. The summed E-state index contributed by atoms with van der Waals surface area (Å²) in [4.78, 5) is 49.6. The molecule has 2 aliphatic rings. The molecule has 1 aliphatic carbocycles. The highest BCUT2D eigenvalue weighted by atomic mass is 16.5. The number of nitrogen functional groups attached to an aromatic ring is 1. The zero-order valence-electron chi connectivity index (χ0n) is 21.2. The minimum atomic E-state index is -0.318. The average molecular weight is 494 g/mol. The van der Waals surface area contributed by atoms with Gasteiger partial charge in [-0.15, -0.1) is 0 Å². The van der Waals surface area contributed by atoms with E-state index in [1.807, 2.05) is 42.9 Å². The van der Waals surface area contributed by atoms with Crippen molar-refractivity contribution in [2.75, 3.05) is 77.1 Å². The van der Waals surface area contributed by atoms with Crippen LogP contribution >= 0.6 is 0 Å². The molecule has 3 rings (SSSR count). The monoisotopic (exact) mass is 493 g/mol. The number of ether oxygens (including phenoxy) is 2. The van der Waals surface area contributed by atoms with E-state index in [0.717, 1.165) is 32.4 Å². The van der Waals surface area contributed by atoms with Crippen molar-refractivity contribution in [1.82, 2.24) is 19.8 Å². The number of nitrogens with zero attached hydrogens (tertiary/aromatic N) is 4. The van der Waals surface area contributed by atoms with Crippen LogP contribution in [0, 0.1) is 11.8 Å². The molecule has 1 aromatic rings. The summed E-state index contributed by atoms with van der Waals surface area (Å²) in [7, 11) is 7.86. The second-order valence-corrected chi connectivity index (χ2v) is 9.86. The van der Waals surface area contributed by atoms with Crippen LogP contribution in [0.3, 0.4) is 0 Å². The van der Waals surface area contributed by atoms with Crippen LogP contribution < -0.4 is 21.5 Å². The van der Waals surface area contributed by atoms with Gasteiger partial charge in [-0.2, -0.15) is 4.98 Å². The van der Waals surface area contributed by atoms with Crippen LogP contribution in [0.15, 0.2) is 4.79 Å². The number of rotatable bonds is 13. The van der Waals surface area contributed by atoms with Crippen LogP contribution in [0.4, 0.5) is 17.5 Å². The summed E-state index contributed by atoms with van der Waals surface area (Å²) in [6.07, 6.45) is 2.91. The fourth-order valence-corrected chi connectivity index (χ4v) is 4.55. The molecule has 12 nitrogen and oxygen atoms in total. The molecule has 0 spiro atoms. The number of carbonyl (C=O) groups is 2. The van der Waals surface area contributed by atoms with Gasteiger partial charge in [0.1, 0.15) is 5.69 Å². The van der Waals surface area contributed by atoms with Gasteiger partial charge in [-0.3, -0.25) is 19.4 Å². The number of carbonyl (C=O) groups excluding carboxylic acids is 2. The van der Waals surface area contributed by atoms with Gasteiger partial charge in [-0.05, 0) is 60.5 Å². The zero-order chi connectivity index (χ0) is 25.5. The molecule has 1 aliphatic heterocycles. The summed E-state index contributed by atoms with van der Waals surface area (Å²) in [5, 5.41) is 3.08. The molecule has 1 saturated carbocycles. The SMILES string of the molecule is CN(C)CCCC(=O)OC[C@H]1C[C@@H](N2CNc3c2nc(N)[nH]c3=O)[C@@H]1COC(=O)CCCN(C)C. The fraction of sp³-hybridized carbons (Fsp3) is 0.739. The van der Waals surface area contributed by atoms with Gasteiger partial charge in [-0.25, -0.2) is 0 Å². The van der Waals surface area contributed by atoms with E-state index >= 15 is 0 Å². The highest BCUT2D eigenvalue weighted by molar-refractivity contribution is 5.72. The van der Waals surface area contributed by atoms with E-state index in [9.17, 15) is 14.4 Å². The Morgan fingerprint density at radius 1 is 1.06 bits per heavy atom. The van der Waals surface area contributed by atoms with Crippen molar-refractivity contribution in [1.29, 1.82) is 0 Å². The molecule has 196 valence electrons. The minimum absolute atomic E-state index is 0.0236. The molecule has 1 fully saturated rings. The second-order valence-electron chi connectivity index (χ2n) is 9.86. The Morgan fingerprint density at radius 3 is 2.26 bits per heavy atom. The van der Waals surface area contributed by atoms with E-state index < -0.39 is 0 Å². The van der Waals surface area contributed by atoms with Crippen molar-refractivity contribution in [3.63, 3.8) is 0 Å². The fourth-order valence-electron chi connectivity index (χ4n) is 4.55. The molecular formula is C23H39N7O5. The van der Waals surface area contributed by atoms with E-state index in [0.29, 0.717) is 31.0 Å². The number of aromatic nitrogens is 2. The zero-order valence-corrected chi connectivity index (χ0v) is 21.2. The van der Waals surface area contributed by atoms with Gasteiger partial charge >= 0.3 is 11.9 Å². The molecule has 4 N–H and O–H groups in total. The average Bonchev–Trinajstić information content (AvgIpc) is 3.16. The molecular weight excluding hydrogens is 454 g/mol. The third kappa shape index (κ3) is 7.31. The van der Waals surface area contributed by atoms with Crippen molar-refractivity contribution >= 4 is 29.4 Å². The van der Waals surface area contributed by atoms with Crippen LogP contribution in [-0.4, -0.2) is 98.9 Å². The molecule has 1 aromatic heterocycles. The quantitative estimate of drug-likeness (QED) is 0.326. The lowest BCUT2D eigenvalue weighted by atomic mass is 9.69. The predicted octanol–water partition coefficient (Wildman–Crippen LogP) is 0.316. The smallest absolute Gasteiger partial charge is 0.305 e. The largest absolute Gasteiger partial charge is 0.465 e. The summed E-state index contributed by atoms with van der Waals surface area (Å²) in [6.45, 7) is 2.54. The number of fused-ring (bicyclic) bond motifs is 1. The molecule has 0 unspecified atom stereocenters. The third-order valence-corrected chi connectivity index (χ3v) is 6.53. The van der Waals surface area contributed by atoms with Gasteiger partial charge in [0.05, 0.1) is 19.9 Å². The molecule has 0 aromatic carbocycles. The van der Waals surface area contributed by atoms with Crippen LogP contribution in [0.1, 0.15) is 32.1 Å². The summed E-state index contributed by atoms with van der Waals surface area (Å²) in [6, 6.07) is -0.0236. The maximum Gasteiger partial charge on any atom is 0.305 e. The molecule has 0 saturated heterocycles. The number of aromatic amines is 1. The number of H-pyrrole nitrogens is 1. The summed E-state index contributed by atoms with van der Waals surface area (Å²) in [5.41, 5.74) is 5.83. The van der Waals surface area contributed by atoms with Gasteiger partial charge in [0.15, 0.2) is 5.82 Å². The Bertz CT molecular complexity index is 935. The summed E-state index contributed by atoms with van der Waals surface area (Å²) in [5.74, 6) is 0.0827. The van der Waals surface area contributed by atoms with E-state index in [2.05, 4.69) is 15.3 Å². The standard InChI is InChI=1S/C23H39N7O5/c1-28(2)9-5-7-18(31)34-12-15-11-17(16(15)13-35-19(32)8-6-10-29(3)4)30-14-25-20-21(30)26-23(24)27-22(20)33/h15-17,25H,5-14H2,1-4H3,(H3,24,26,27,33)/t15-,16-,17-/m1/s1. The minimum Gasteiger partial charge on any atom is -0.465 e. The lowest BCUT2D eigenvalue weighted by Crippen LogP contribution is -2.56. The van der Waals surface area contributed by atoms with Crippen LogP contribution in [0.25, 0.3) is 0 Å². The summed E-state index contributed by atoms with van der Waals surface area (Å²) >= 11 is 0. The molecule has 0 bridgehead atoms. The summed E-state index contributed by atoms with van der Waals surface area (Å²) < 4.78 is 11.2. The number of hydrogen-bond acceptors (Lipinski definition) is 11. The first-order valence-corrected chi connectivity index (χ1v) is 12.2. The Labute approximate surface area is 206 Å². The molecule has 3 atom stereocenters. The van der Waals surface area contributed by atoms with Crippen molar-refractivity contribution in [3.8, 4) is 0 Å². The van der Waals surface area contributed by atoms with Crippen molar-refractivity contribution in [2.24, 2.45) is 11.8 Å². The predicted molar refractivity (Wildman–Crippen MR) is 133 cm³/mol. The van der Waals surface area contributed by atoms with Crippen LogP contribution in [0.5, 0.6) is 0 Å². The highest BCUT2D eigenvalue weighted by Gasteiger charge is 2.47. The normalized spacial score (nSPS) is 21.0. The number of hydrogen-bond donors (Lipinski definition) is 3. The first-order valence-electron chi connectivity index (χ1n) is 12.2. The number of esters is 2. The van der Waals surface area contributed by atoms with E-state index in [4.69, 9.17) is 15.2 Å². The maximum atomic E-state index is 12.3. The topological polar surface area (TPSA) is 146 Å². The molecule has 0 radical (unpaired) electrons. The Balaban J connectivity index is 1.60. The molecule has 12 heteroatoms. The van der Waals surface area contributed by atoms with Crippen LogP contribution in [0.2, 0.25) is 0 Å². The second kappa shape index (κ2) is 12.2. The molecule has 2 heterocycles.